The van der Waals surface area contributed by atoms with E-state index in [0.29, 0.717) is 24.0 Å². The number of aliphatic imine (C=N–C) groups is 1. The molecule has 1 N–H and O–H groups in total. The lowest BCUT2D eigenvalue weighted by atomic mass is 9.82. The molecule has 24 heavy (non-hydrogen) atoms. The van der Waals surface area contributed by atoms with Crippen molar-refractivity contribution in [2.45, 2.75) is 52.4 Å². The zero-order valence-electron chi connectivity index (χ0n) is 14.5. The SMILES string of the molecule is CC(C)C1=CC(=O)NC2=CC(=NC(=O)CCC3CCCC3)C=CC21. The number of carbonyl (C=O) groups excluding carboxylic acids is 2. The summed E-state index contributed by atoms with van der Waals surface area (Å²) >= 11 is 0. The number of nitrogens with one attached hydrogen (secondary N) is 1. The quantitative estimate of drug-likeness (QED) is 0.856. The molecule has 4 nitrogen and oxygen atoms in total. The number of amides is 2. The first kappa shape index (κ1) is 16.9. The maximum absolute atomic E-state index is 12.1. The maximum atomic E-state index is 12.1. The van der Waals surface area contributed by atoms with E-state index in [0.717, 1.165) is 17.7 Å². The number of nitrogens with zero attached hydrogens (tertiary/aromatic N) is 1. The topological polar surface area (TPSA) is 58.5 Å². The van der Waals surface area contributed by atoms with Crippen LogP contribution in [0.5, 0.6) is 0 Å². The molecule has 1 unspecified atom stereocenters. The summed E-state index contributed by atoms with van der Waals surface area (Å²) in [4.78, 5) is 28.2. The van der Waals surface area contributed by atoms with E-state index in [9.17, 15) is 9.59 Å². The number of hydrogen-bond donors (Lipinski definition) is 1. The number of allylic oxidation sites excluding steroid dienone is 3. The average molecular weight is 326 g/mol. The maximum Gasteiger partial charge on any atom is 0.248 e. The minimum absolute atomic E-state index is 0.0568. The molecular formula is C20H26N2O2. The van der Waals surface area contributed by atoms with Crippen LogP contribution in [0.4, 0.5) is 0 Å². The molecule has 2 amide bonds. The van der Waals surface area contributed by atoms with Gasteiger partial charge < -0.3 is 5.32 Å². The molecule has 0 spiro atoms. The van der Waals surface area contributed by atoms with Crippen molar-refractivity contribution in [2.75, 3.05) is 0 Å². The lowest BCUT2D eigenvalue weighted by Gasteiger charge is -2.29. The van der Waals surface area contributed by atoms with E-state index in [1.165, 1.54) is 25.7 Å². The van der Waals surface area contributed by atoms with Crippen molar-refractivity contribution < 1.29 is 9.59 Å². The fourth-order valence-corrected chi connectivity index (χ4v) is 3.84. The van der Waals surface area contributed by atoms with Crippen LogP contribution in [0.2, 0.25) is 0 Å². The number of hydrogen-bond acceptors (Lipinski definition) is 2. The Hall–Kier alpha value is -1.97. The highest BCUT2D eigenvalue weighted by atomic mass is 16.2. The summed E-state index contributed by atoms with van der Waals surface area (Å²) < 4.78 is 0. The van der Waals surface area contributed by atoms with E-state index < -0.39 is 0 Å². The Bertz CT molecular complexity index is 647. The Labute approximate surface area is 143 Å². The van der Waals surface area contributed by atoms with Crippen molar-refractivity contribution >= 4 is 17.5 Å². The number of carbonyl (C=O) groups is 2. The van der Waals surface area contributed by atoms with Gasteiger partial charge in [-0.05, 0) is 36.0 Å². The lowest BCUT2D eigenvalue weighted by Crippen LogP contribution is -2.34. The van der Waals surface area contributed by atoms with Crippen LogP contribution in [0.25, 0.3) is 0 Å². The summed E-state index contributed by atoms with van der Waals surface area (Å²) in [5.74, 6) is 0.952. The Kier molecular flexibility index (Phi) is 5.12. The van der Waals surface area contributed by atoms with Gasteiger partial charge in [0.25, 0.3) is 0 Å². The summed E-state index contributed by atoms with van der Waals surface area (Å²) in [6.07, 6.45) is 14.0. The van der Waals surface area contributed by atoms with Crippen LogP contribution in [0.1, 0.15) is 52.4 Å². The predicted octanol–water partition coefficient (Wildman–Crippen LogP) is 3.71. The molecule has 0 radical (unpaired) electrons. The van der Waals surface area contributed by atoms with E-state index in [4.69, 9.17) is 0 Å². The van der Waals surface area contributed by atoms with Gasteiger partial charge in [0.1, 0.15) is 0 Å². The molecule has 1 atom stereocenters. The number of fused-ring (bicyclic) bond motifs is 1. The van der Waals surface area contributed by atoms with Crippen molar-refractivity contribution in [1.82, 2.24) is 5.32 Å². The summed E-state index contributed by atoms with van der Waals surface area (Å²) in [7, 11) is 0. The number of rotatable bonds is 4. The van der Waals surface area contributed by atoms with Gasteiger partial charge in [-0.25, -0.2) is 4.99 Å². The highest BCUT2D eigenvalue weighted by molar-refractivity contribution is 6.11. The Morgan fingerprint density at radius 1 is 1.29 bits per heavy atom. The van der Waals surface area contributed by atoms with Crippen LogP contribution >= 0.6 is 0 Å². The van der Waals surface area contributed by atoms with Gasteiger partial charge in [-0.3, -0.25) is 9.59 Å². The van der Waals surface area contributed by atoms with Crippen molar-refractivity contribution in [3.63, 3.8) is 0 Å². The molecule has 2 aliphatic carbocycles. The summed E-state index contributed by atoms with van der Waals surface area (Å²) in [5.41, 5.74) is 2.58. The first-order chi connectivity index (χ1) is 11.5. The molecular weight excluding hydrogens is 300 g/mol. The van der Waals surface area contributed by atoms with E-state index in [1.54, 1.807) is 6.08 Å². The molecule has 0 aromatic heterocycles. The summed E-state index contributed by atoms with van der Waals surface area (Å²) in [6.45, 7) is 4.18. The molecule has 0 aromatic carbocycles. The normalized spacial score (nSPS) is 25.5. The van der Waals surface area contributed by atoms with Crippen molar-refractivity contribution in [3.8, 4) is 0 Å². The molecule has 3 rings (SSSR count). The third-order valence-electron chi connectivity index (χ3n) is 5.18. The first-order valence-corrected chi connectivity index (χ1v) is 9.06. The van der Waals surface area contributed by atoms with Crippen molar-refractivity contribution in [3.05, 3.63) is 35.6 Å². The highest BCUT2D eigenvalue weighted by Gasteiger charge is 2.27. The van der Waals surface area contributed by atoms with Gasteiger partial charge in [-0.2, -0.15) is 0 Å². The Morgan fingerprint density at radius 3 is 2.75 bits per heavy atom. The minimum Gasteiger partial charge on any atom is -0.325 e. The zero-order valence-corrected chi connectivity index (χ0v) is 14.5. The van der Waals surface area contributed by atoms with Crippen LogP contribution in [0.3, 0.4) is 0 Å². The molecule has 4 heteroatoms. The van der Waals surface area contributed by atoms with E-state index in [2.05, 4.69) is 24.2 Å². The highest BCUT2D eigenvalue weighted by Crippen LogP contribution is 2.32. The molecule has 1 saturated carbocycles. The zero-order chi connectivity index (χ0) is 17.1. The van der Waals surface area contributed by atoms with Crippen molar-refractivity contribution in [2.24, 2.45) is 22.7 Å². The van der Waals surface area contributed by atoms with Crippen LogP contribution in [0, 0.1) is 17.8 Å². The second-order valence-electron chi connectivity index (χ2n) is 7.34. The minimum atomic E-state index is -0.0941. The van der Waals surface area contributed by atoms with Gasteiger partial charge in [0.05, 0.1) is 5.71 Å². The molecule has 1 heterocycles. The average Bonchev–Trinajstić information content (AvgIpc) is 3.05. The molecule has 1 aliphatic heterocycles. The third kappa shape index (κ3) is 3.92. The second kappa shape index (κ2) is 7.29. The summed E-state index contributed by atoms with van der Waals surface area (Å²) in [5, 5.41) is 2.89. The lowest BCUT2D eigenvalue weighted by molar-refractivity contribution is -0.118. The smallest absolute Gasteiger partial charge is 0.248 e. The van der Waals surface area contributed by atoms with Gasteiger partial charge in [0.15, 0.2) is 0 Å². The van der Waals surface area contributed by atoms with E-state index in [1.807, 2.05) is 18.2 Å². The standard InChI is InChI=1S/C20H26N2O2/c1-13(2)17-12-20(24)22-18-11-15(8-9-16(17)18)21-19(23)10-7-14-5-3-4-6-14/h8-9,11-14,16H,3-7,10H2,1-2H3,(H,22,24). The van der Waals surface area contributed by atoms with E-state index >= 15 is 0 Å². The van der Waals surface area contributed by atoms with E-state index in [-0.39, 0.29) is 17.7 Å². The van der Waals surface area contributed by atoms with Gasteiger partial charge in [-0.15, -0.1) is 0 Å². The Morgan fingerprint density at radius 2 is 2.04 bits per heavy atom. The Balaban J connectivity index is 1.66. The first-order valence-electron chi connectivity index (χ1n) is 9.06. The predicted molar refractivity (Wildman–Crippen MR) is 95.4 cm³/mol. The molecule has 0 saturated heterocycles. The molecule has 0 aromatic rings. The largest absolute Gasteiger partial charge is 0.325 e. The van der Waals surface area contributed by atoms with Gasteiger partial charge in [0.2, 0.25) is 11.8 Å². The molecule has 1 fully saturated rings. The van der Waals surface area contributed by atoms with Crippen LogP contribution in [0.15, 0.2) is 40.6 Å². The van der Waals surface area contributed by atoms with Crippen LogP contribution in [-0.2, 0) is 9.59 Å². The summed E-state index contributed by atoms with van der Waals surface area (Å²) in [6, 6.07) is 0. The second-order valence-corrected chi connectivity index (χ2v) is 7.34. The fraction of sp³-hybridized carbons (Fsp3) is 0.550. The van der Waals surface area contributed by atoms with Gasteiger partial charge >= 0.3 is 0 Å². The molecule has 3 aliphatic rings. The van der Waals surface area contributed by atoms with Gasteiger partial charge in [0, 0.05) is 24.1 Å². The van der Waals surface area contributed by atoms with Gasteiger partial charge in [-0.1, -0.05) is 45.6 Å². The van der Waals surface area contributed by atoms with Crippen LogP contribution < -0.4 is 5.32 Å². The van der Waals surface area contributed by atoms with Crippen molar-refractivity contribution in [1.29, 1.82) is 0 Å². The molecule has 128 valence electrons. The third-order valence-corrected chi connectivity index (χ3v) is 5.18. The fourth-order valence-electron chi connectivity index (χ4n) is 3.84. The molecule has 0 bridgehead atoms. The van der Waals surface area contributed by atoms with Crippen LogP contribution in [-0.4, -0.2) is 17.5 Å². The monoisotopic (exact) mass is 326 g/mol.